The number of fused-ring (bicyclic) bond motifs is 1. The summed E-state index contributed by atoms with van der Waals surface area (Å²) in [6.07, 6.45) is 3.78. The molecule has 3 fully saturated rings. The third kappa shape index (κ3) is 3.05. The molecule has 0 radical (unpaired) electrons. The molecule has 1 aromatic carbocycles. The van der Waals surface area contributed by atoms with Crippen LogP contribution in [0.5, 0.6) is 5.75 Å². The zero-order chi connectivity index (χ0) is 16.0. The lowest BCUT2D eigenvalue weighted by molar-refractivity contribution is -0.0581. The fraction of sp³-hybridized carbons (Fsp3) is 0.588. The molecule has 2 saturated heterocycles. The molecule has 6 heteroatoms. The first kappa shape index (κ1) is 14.9. The number of carbonyl (C=O) groups excluding carboxylic acids is 1. The molecule has 0 aromatic heterocycles. The topological polar surface area (TPSA) is 61.8 Å². The van der Waals surface area contributed by atoms with Crippen LogP contribution in [-0.2, 0) is 4.74 Å². The SMILES string of the molecule is O=C(N[C@H]1C[C@H]2CO[C@@H](C3CC3)CN2C1)c1ccc(F)c(O)c1. The van der Waals surface area contributed by atoms with Crippen LogP contribution in [0.25, 0.3) is 0 Å². The van der Waals surface area contributed by atoms with Gasteiger partial charge in [0, 0.05) is 30.7 Å². The highest BCUT2D eigenvalue weighted by Gasteiger charge is 2.42. The number of halogens is 1. The predicted octanol–water partition coefficient (Wildman–Crippen LogP) is 1.51. The van der Waals surface area contributed by atoms with Gasteiger partial charge in [0.1, 0.15) is 0 Å². The summed E-state index contributed by atoms with van der Waals surface area (Å²) in [5.74, 6) is -0.762. The number of amides is 1. The molecular formula is C17H21FN2O3. The number of morpholine rings is 1. The van der Waals surface area contributed by atoms with Crippen molar-refractivity contribution in [2.24, 2.45) is 5.92 Å². The Bertz CT molecular complexity index is 620. The van der Waals surface area contributed by atoms with Gasteiger partial charge in [-0.25, -0.2) is 4.39 Å². The molecule has 2 N–H and O–H groups in total. The van der Waals surface area contributed by atoms with Crippen molar-refractivity contribution in [3.63, 3.8) is 0 Å². The molecule has 2 aliphatic heterocycles. The van der Waals surface area contributed by atoms with E-state index in [0.29, 0.717) is 12.1 Å². The number of benzene rings is 1. The Hall–Kier alpha value is -1.66. The van der Waals surface area contributed by atoms with Gasteiger partial charge in [0.25, 0.3) is 5.91 Å². The van der Waals surface area contributed by atoms with E-state index >= 15 is 0 Å². The van der Waals surface area contributed by atoms with Gasteiger partial charge in [0.15, 0.2) is 11.6 Å². The smallest absolute Gasteiger partial charge is 0.251 e. The van der Waals surface area contributed by atoms with Gasteiger partial charge < -0.3 is 15.2 Å². The number of carbonyl (C=O) groups is 1. The fourth-order valence-electron chi connectivity index (χ4n) is 3.68. The molecule has 1 saturated carbocycles. The van der Waals surface area contributed by atoms with E-state index in [-0.39, 0.29) is 17.5 Å². The normalized spacial score (nSPS) is 30.9. The summed E-state index contributed by atoms with van der Waals surface area (Å²) in [7, 11) is 0. The number of hydrogen-bond donors (Lipinski definition) is 2. The summed E-state index contributed by atoms with van der Waals surface area (Å²) in [5, 5.41) is 12.4. The third-order valence-corrected chi connectivity index (χ3v) is 5.14. The molecule has 1 aromatic rings. The van der Waals surface area contributed by atoms with E-state index in [4.69, 9.17) is 4.74 Å². The maximum Gasteiger partial charge on any atom is 0.251 e. The highest BCUT2D eigenvalue weighted by atomic mass is 19.1. The summed E-state index contributed by atoms with van der Waals surface area (Å²) in [6, 6.07) is 4.10. The van der Waals surface area contributed by atoms with Gasteiger partial charge in [0.2, 0.25) is 0 Å². The minimum Gasteiger partial charge on any atom is -0.505 e. The van der Waals surface area contributed by atoms with Crippen LogP contribution in [0, 0.1) is 11.7 Å². The van der Waals surface area contributed by atoms with E-state index in [1.165, 1.54) is 25.0 Å². The lowest BCUT2D eigenvalue weighted by atomic mass is 10.1. The molecule has 0 unspecified atom stereocenters. The minimum atomic E-state index is -0.720. The van der Waals surface area contributed by atoms with E-state index in [0.717, 1.165) is 38.1 Å². The van der Waals surface area contributed by atoms with Crippen LogP contribution in [-0.4, -0.2) is 53.8 Å². The van der Waals surface area contributed by atoms with Crippen molar-refractivity contribution in [1.29, 1.82) is 0 Å². The van der Waals surface area contributed by atoms with Crippen LogP contribution in [0.1, 0.15) is 29.6 Å². The number of nitrogens with zero attached hydrogens (tertiary/aromatic N) is 1. The first-order valence-electron chi connectivity index (χ1n) is 8.25. The van der Waals surface area contributed by atoms with Gasteiger partial charge in [0.05, 0.1) is 12.7 Å². The van der Waals surface area contributed by atoms with Crippen molar-refractivity contribution in [3.8, 4) is 5.75 Å². The van der Waals surface area contributed by atoms with Crippen LogP contribution < -0.4 is 5.32 Å². The zero-order valence-electron chi connectivity index (χ0n) is 12.9. The second-order valence-corrected chi connectivity index (χ2v) is 6.89. The Kier molecular flexibility index (Phi) is 3.73. The predicted molar refractivity (Wildman–Crippen MR) is 81.8 cm³/mol. The number of phenols is 1. The average Bonchev–Trinajstić information content (AvgIpc) is 3.30. The Balaban J connectivity index is 1.36. The molecule has 1 aliphatic carbocycles. The van der Waals surface area contributed by atoms with Gasteiger partial charge in [-0.15, -0.1) is 0 Å². The minimum absolute atomic E-state index is 0.0706. The first-order valence-corrected chi connectivity index (χ1v) is 8.25. The van der Waals surface area contributed by atoms with Crippen LogP contribution >= 0.6 is 0 Å². The van der Waals surface area contributed by atoms with E-state index in [1.807, 2.05) is 0 Å². The Labute approximate surface area is 134 Å². The molecule has 2 heterocycles. The number of nitrogens with one attached hydrogen (secondary N) is 1. The highest BCUT2D eigenvalue weighted by Crippen LogP contribution is 2.37. The van der Waals surface area contributed by atoms with Gasteiger partial charge in [-0.05, 0) is 43.4 Å². The summed E-state index contributed by atoms with van der Waals surface area (Å²) in [5.41, 5.74) is 0.279. The second-order valence-electron chi connectivity index (χ2n) is 6.89. The summed E-state index contributed by atoms with van der Waals surface area (Å²) >= 11 is 0. The van der Waals surface area contributed by atoms with Crippen molar-refractivity contribution in [3.05, 3.63) is 29.6 Å². The number of phenolic OH excluding ortho intramolecular Hbond substituents is 1. The van der Waals surface area contributed by atoms with Crippen molar-refractivity contribution < 1.29 is 19.0 Å². The lowest BCUT2D eigenvalue weighted by Gasteiger charge is -2.35. The fourth-order valence-corrected chi connectivity index (χ4v) is 3.68. The van der Waals surface area contributed by atoms with Gasteiger partial charge in [-0.1, -0.05) is 0 Å². The molecule has 3 atom stereocenters. The summed E-state index contributed by atoms with van der Waals surface area (Å²) in [4.78, 5) is 14.7. The quantitative estimate of drug-likeness (QED) is 0.886. The average molecular weight is 320 g/mol. The molecule has 23 heavy (non-hydrogen) atoms. The number of ether oxygens (including phenoxy) is 1. The van der Waals surface area contributed by atoms with Crippen LogP contribution in [0.2, 0.25) is 0 Å². The lowest BCUT2D eigenvalue weighted by Crippen LogP contribution is -2.47. The first-order chi connectivity index (χ1) is 11.1. The van der Waals surface area contributed by atoms with Crippen molar-refractivity contribution in [2.45, 2.75) is 37.5 Å². The third-order valence-electron chi connectivity index (χ3n) is 5.14. The molecular weight excluding hydrogens is 299 g/mol. The van der Waals surface area contributed by atoms with Gasteiger partial charge in [-0.2, -0.15) is 0 Å². The molecule has 3 aliphatic rings. The van der Waals surface area contributed by atoms with Crippen molar-refractivity contribution in [1.82, 2.24) is 10.2 Å². The van der Waals surface area contributed by atoms with Crippen molar-refractivity contribution in [2.75, 3.05) is 19.7 Å². The van der Waals surface area contributed by atoms with E-state index in [2.05, 4.69) is 10.2 Å². The maximum absolute atomic E-state index is 13.1. The summed E-state index contributed by atoms with van der Waals surface area (Å²) < 4.78 is 19.0. The Morgan fingerprint density at radius 2 is 2.17 bits per heavy atom. The largest absolute Gasteiger partial charge is 0.505 e. The summed E-state index contributed by atoms with van der Waals surface area (Å²) in [6.45, 7) is 2.53. The molecule has 4 rings (SSSR count). The number of rotatable bonds is 3. The highest BCUT2D eigenvalue weighted by molar-refractivity contribution is 5.94. The monoisotopic (exact) mass is 320 g/mol. The molecule has 5 nitrogen and oxygen atoms in total. The maximum atomic E-state index is 13.1. The van der Waals surface area contributed by atoms with Crippen molar-refractivity contribution >= 4 is 5.91 Å². The number of aromatic hydroxyl groups is 1. The van der Waals surface area contributed by atoms with Crippen LogP contribution in [0.4, 0.5) is 4.39 Å². The Morgan fingerprint density at radius 1 is 1.35 bits per heavy atom. The van der Waals surface area contributed by atoms with Gasteiger partial charge >= 0.3 is 0 Å². The molecule has 124 valence electrons. The van der Waals surface area contributed by atoms with Crippen LogP contribution in [0.3, 0.4) is 0 Å². The Morgan fingerprint density at radius 3 is 2.91 bits per heavy atom. The van der Waals surface area contributed by atoms with E-state index in [1.54, 1.807) is 0 Å². The van der Waals surface area contributed by atoms with E-state index < -0.39 is 11.6 Å². The number of hydrogen-bond acceptors (Lipinski definition) is 4. The van der Waals surface area contributed by atoms with E-state index in [9.17, 15) is 14.3 Å². The van der Waals surface area contributed by atoms with Crippen LogP contribution in [0.15, 0.2) is 18.2 Å². The zero-order valence-corrected chi connectivity index (χ0v) is 12.9. The molecule has 0 spiro atoms. The second kappa shape index (κ2) is 5.76. The molecule has 1 amide bonds. The standard InChI is InChI=1S/C17H21FN2O3/c18-14-4-3-11(5-15(14)21)17(22)19-12-6-13-9-23-16(10-1-2-10)8-20(13)7-12/h3-5,10,12-13,16,21H,1-2,6-9H2,(H,19,22)/t12-,13-,16+/m0/s1. The molecule has 0 bridgehead atoms. The van der Waals surface area contributed by atoms with Gasteiger partial charge in [-0.3, -0.25) is 9.69 Å².